The van der Waals surface area contributed by atoms with E-state index in [-0.39, 0.29) is 6.71 Å². The molecule has 0 unspecified atom stereocenters. The standard InChI is InChI=1S/C84H57BClN3/c86-71-43-47-79(76(56-71)64-36-20-7-21-37-64)89-80-53-67(60-28-12-3-13-29-60)42-45-77(80)85-78-46-44-74(87(72-40-22-38-65(49-72)58-24-8-1-9-25-58)73-41-23-39-66(50-73)59-26-10-2-11-27-59)57-81(78)88(82-54-70(55-83(89)84(82)85)63-34-18-6-19-35-63)75-51-68(61-30-14-4-15-31-61)48-69(52-75)62-32-16-5-17-33-62/h1-57H. The van der Waals surface area contributed by atoms with Crippen LogP contribution in [0.2, 0.25) is 5.02 Å². The Morgan fingerprint density at radius 3 is 1.09 bits per heavy atom. The van der Waals surface area contributed by atoms with Gasteiger partial charge in [-0.2, -0.15) is 0 Å². The molecule has 14 aromatic carbocycles. The minimum absolute atomic E-state index is 0.198. The van der Waals surface area contributed by atoms with Gasteiger partial charge in [0.1, 0.15) is 0 Å². The highest BCUT2D eigenvalue weighted by Gasteiger charge is 2.45. The first-order chi connectivity index (χ1) is 44.0. The summed E-state index contributed by atoms with van der Waals surface area (Å²) < 4.78 is 0. The van der Waals surface area contributed by atoms with Gasteiger partial charge in [0.15, 0.2) is 0 Å². The zero-order chi connectivity index (χ0) is 59.2. The Morgan fingerprint density at radius 1 is 0.236 bits per heavy atom. The van der Waals surface area contributed by atoms with Gasteiger partial charge in [-0.15, -0.1) is 0 Å². The van der Waals surface area contributed by atoms with E-state index in [1.54, 1.807) is 0 Å². The highest BCUT2D eigenvalue weighted by Crippen LogP contribution is 2.51. The molecule has 2 aliphatic heterocycles. The molecule has 0 saturated heterocycles. The Bertz CT molecular complexity index is 4770. The minimum atomic E-state index is -0.198. The van der Waals surface area contributed by atoms with E-state index in [4.69, 9.17) is 11.6 Å². The maximum absolute atomic E-state index is 7.11. The monoisotopic (exact) mass is 1150 g/mol. The van der Waals surface area contributed by atoms with Crippen LogP contribution in [0.4, 0.5) is 51.2 Å². The summed E-state index contributed by atoms with van der Waals surface area (Å²) in [4.78, 5) is 7.57. The smallest absolute Gasteiger partial charge is 0.252 e. The van der Waals surface area contributed by atoms with Gasteiger partial charge in [0.2, 0.25) is 0 Å². The van der Waals surface area contributed by atoms with Gasteiger partial charge in [-0.3, -0.25) is 0 Å². The van der Waals surface area contributed by atoms with Crippen LogP contribution >= 0.6 is 11.6 Å². The molecule has 0 radical (unpaired) electrons. The Labute approximate surface area is 526 Å². The first-order valence-corrected chi connectivity index (χ1v) is 30.8. The van der Waals surface area contributed by atoms with Crippen molar-refractivity contribution < 1.29 is 0 Å². The van der Waals surface area contributed by atoms with Crippen LogP contribution < -0.4 is 31.1 Å². The van der Waals surface area contributed by atoms with E-state index in [9.17, 15) is 0 Å². The summed E-state index contributed by atoms with van der Waals surface area (Å²) in [6.07, 6.45) is 0. The van der Waals surface area contributed by atoms with Gasteiger partial charge in [0.25, 0.3) is 6.71 Å². The summed E-state index contributed by atoms with van der Waals surface area (Å²) in [7, 11) is 0. The lowest BCUT2D eigenvalue weighted by Gasteiger charge is -2.45. The Hall–Kier alpha value is -11.2. The van der Waals surface area contributed by atoms with Crippen molar-refractivity contribution in [2.45, 2.75) is 0 Å². The molecule has 0 saturated carbocycles. The van der Waals surface area contributed by atoms with E-state index in [1.807, 2.05) is 6.07 Å². The van der Waals surface area contributed by atoms with Crippen molar-refractivity contribution in [2.75, 3.05) is 14.7 Å². The van der Waals surface area contributed by atoms with Crippen molar-refractivity contribution in [1.82, 2.24) is 0 Å². The predicted molar refractivity (Wildman–Crippen MR) is 378 cm³/mol. The predicted octanol–water partition coefficient (Wildman–Crippen LogP) is 21.6. The van der Waals surface area contributed by atoms with E-state index < -0.39 is 0 Å². The second kappa shape index (κ2) is 22.9. The quantitative estimate of drug-likeness (QED) is 0.113. The largest absolute Gasteiger partial charge is 0.311 e. The number of fused-ring (bicyclic) bond motifs is 4. The molecule has 14 aromatic rings. The minimum Gasteiger partial charge on any atom is -0.311 e. The van der Waals surface area contributed by atoms with Crippen LogP contribution in [0.15, 0.2) is 346 Å². The first kappa shape index (κ1) is 53.3. The number of hydrogen-bond acceptors (Lipinski definition) is 3. The zero-order valence-electron chi connectivity index (χ0n) is 48.7. The molecule has 0 aromatic heterocycles. The molecule has 0 amide bonds. The fraction of sp³-hybridized carbons (Fsp3) is 0. The SMILES string of the molecule is Clc1ccc(N2c3cc(-c4ccccc4)ccc3B3c4ccc(N(c5cccc(-c6ccccc6)c5)c5cccc(-c6ccccc6)c5)cc4N(c4cc(-c5ccccc5)cc(-c5ccccc5)c4)c4cc(-c5ccccc5)cc2c43)c(-c2ccccc2)c1. The molecular weight excluding hydrogens is 1100 g/mol. The molecule has 0 atom stereocenters. The fourth-order valence-corrected chi connectivity index (χ4v) is 13.7. The summed E-state index contributed by atoms with van der Waals surface area (Å²) in [5.74, 6) is 0. The van der Waals surface area contributed by atoms with E-state index in [0.29, 0.717) is 5.02 Å². The molecule has 0 aliphatic carbocycles. The molecule has 418 valence electrons. The van der Waals surface area contributed by atoms with Gasteiger partial charge in [-0.25, -0.2) is 0 Å². The normalized spacial score (nSPS) is 12.0. The topological polar surface area (TPSA) is 9.72 Å². The zero-order valence-corrected chi connectivity index (χ0v) is 49.5. The molecule has 5 heteroatoms. The fourth-order valence-electron chi connectivity index (χ4n) is 13.5. The lowest BCUT2D eigenvalue weighted by Crippen LogP contribution is -2.61. The van der Waals surface area contributed by atoms with E-state index in [1.165, 1.54) is 16.4 Å². The second-order valence-electron chi connectivity index (χ2n) is 23.0. The van der Waals surface area contributed by atoms with Crippen LogP contribution in [0, 0.1) is 0 Å². The molecule has 0 bridgehead atoms. The molecule has 0 spiro atoms. The van der Waals surface area contributed by atoms with Gasteiger partial charge < -0.3 is 14.7 Å². The maximum atomic E-state index is 7.11. The third-order valence-corrected chi connectivity index (χ3v) is 17.9. The van der Waals surface area contributed by atoms with Gasteiger partial charge in [-0.05, 0) is 180 Å². The maximum Gasteiger partial charge on any atom is 0.252 e. The molecular formula is C84H57BClN3. The second-order valence-corrected chi connectivity index (χ2v) is 23.4. The van der Waals surface area contributed by atoms with Crippen LogP contribution in [-0.4, -0.2) is 6.71 Å². The average Bonchev–Trinajstić information content (AvgIpc) is 0.715. The highest BCUT2D eigenvalue weighted by molar-refractivity contribution is 7.00. The first-order valence-electron chi connectivity index (χ1n) is 30.4. The van der Waals surface area contributed by atoms with E-state index in [0.717, 1.165) is 129 Å². The third-order valence-electron chi connectivity index (χ3n) is 17.6. The van der Waals surface area contributed by atoms with Crippen molar-refractivity contribution >= 4 is 85.9 Å². The van der Waals surface area contributed by atoms with Crippen molar-refractivity contribution in [1.29, 1.82) is 0 Å². The summed E-state index contributed by atoms with van der Waals surface area (Å²) >= 11 is 7.11. The third kappa shape index (κ3) is 9.96. The van der Waals surface area contributed by atoms with Crippen LogP contribution in [0.5, 0.6) is 0 Å². The number of nitrogens with zero attached hydrogens (tertiary/aromatic N) is 3. The van der Waals surface area contributed by atoms with Gasteiger partial charge in [0, 0.05) is 56.1 Å². The Morgan fingerprint density at radius 2 is 0.607 bits per heavy atom. The Balaban J connectivity index is 1.02. The lowest BCUT2D eigenvalue weighted by atomic mass is 9.33. The molecule has 16 rings (SSSR count). The van der Waals surface area contributed by atoms with Gasteiger partial charge in [0.05, 0.1) is 5.69 Å². The summed E-state index contributed by atoms with van der Waals surface area (Å²) in [5.41, 5.74) is 29.0. The molecule has 3 nitrogen and oxygen atoms in total. The van der Waals surface area contributed by atoms with Crippen LogP contribution in [0.1, 0.15) is 0 Å². The number of halogens is 1. The van der Waals surface area contributed by atoms with Crippen LogP contribution in [-0.2, 0) is 0 Å². The number of benzene rings is 14. The van der Waals surface area contributed by atoms with E-state index in [2.05, 4.69) is 354 Å². The molecule has 89 heavy (non-hydrogen) atoms. The highest BCUT2D eigenvalue weighted by atomic mass is 35.5. The lowest BCUT2D eigenvalue weighted by molar-refractivity contribution is 1.24. The van der Waals surface area contributed by atoms with Gasteiger partial charge >= 0.3 is 0 Å². The molecule has 2 aliphatic rings. The summed E-state index contributed by atoms with van der Waals surface area (Å²) in [5, 5.41) is 0.678. The number of rotatable bonds is 12. The molecule has 2 heterocycles. The van der Waals surface area contributed by atoms with Crippen molar-refractivity contribution in [2.24, 2.45) is 0 Å². The van der Waals surface area contributed by atoms with Crippen LogP contribution in [0.25, 0.3) is 77.9 Å². The summed E-state index contributed by atoms with van der Waals surface area (Å²) in [6, 6.07) is 126. The number of anilines is 9. The van der Waals surface area contributed by atoms with E-state index >= 15 is 0 Å². The molecule has 0 N–H and O–H groups in total. The van der Waals surface area contributed by atoms with Crippen molar-refractivity contribution in [3.8, 4) is 77.9 Å². The van der Waals surface area contributed by atoms with Gasteiger partial charge in [-0.1, -0.05) is 266 Å². The summed E-state index contributed by atoms with van der Waals surface area (Å²) in [6.45, 7) is -0.198. The Kier molecular flexibility index (Phi) is 13.7. The van der Waals surface area contributed by atoms with Crippen molar-refractivity contribution in [3.05, 3.63) is 351 Å². The average molecular weight is 1150 g/mol. The van der Waals surface area contributed by atoms with Crippen molar-refractivity contribution in [3.63, 3.8) is 0 Å². The number of hydrogen-bond donors (Lipinski definition) is 0. The van der Waals surface area contributed by atoms with Crippen LogP contribution in [0.3, 0.4) is 0 Å². The molecule has 0 fully saturated rings.